The van der Waals surface area contributed by atoms with Gasteiger partial charge < -0.3 is 10.6 Å². The van der Waals surface area contributed by atoms with Crippen LogP contribution in [0.15, 0.2) is 18.2 Å². The fraction of sp³-hybridized carbons (Fsp3) is 0.538. The Morgan fingerprint density at radius 2 is 2.12 bits per heavy atom. The Morgan fingerprint density at radius 1 is 1.25 bits per heavy atom. The van der Waals surface area contributed by atoms with Gasteiger partial charge in [0.2, 0.25) is 0 Å². The van der Waals surface area contributed by atoms with Crippen molar-refractivity contribution in [3.8, 4) is 0 Å². The standard InChI is InChI=1S/C13H17ClN2/c14-10-5-7-12-9(8-10)4-6-11-2-1-3-13(15)16(11)12/h5,7-8,11,13H,1-4,6,15H2. The number of anilines is 1. The maximum Gasteiger partial charge on any atom is 0.0774 e. The zero-order valence-corrected chi connectivity index (χ0v) is 10.1. The molecule has 2 aliphatic rings. The van der Waals surface area contributed by atoms with E-state index in [-0.39, 0.29) is 6.17 Å². The number of aryl methyl sites for hydroxylation is 1. The number of hydrogen-bond acceptors (Lipinski definition) is 2. The number of nitrogens with zero attached hydrogens (tertiary/aromatic N) is 1. The third-order valence-corrected chi connectivity index (χ3v) is 4.09. The Hall–Kier alpha value is -0.730. The first-order chi connectivity index (χ1) is 7.75. The van der Waals surface area contributed by atoms with Crippen molar-refractivity contribution in [3.05, 3.63) is 28.8 Å². The third-order valence-electron chi connectivity index (χ3n) is 3.85. The minimum atomic E-state index is 0.193. The summed E-state index contributed by atoms with van der Waals surface area (Å²) < 4.78 is 0. The molecule has 2 heterocycles. The van der Waals surface area contributed by atoms with Crippen LogP contribution in [0.5, 0.6) is 0 Å². The summed E-state index contributed by atoms with van der Waals surface area (Å²) in [4.78, 5) is 2.42. The van der Waals surface area contributed by atoms with Gasteiger partial charge in [-0.3, -0.25) is 0 Å². The van der Waals surface area contributed by atoms with Gasteiger partial charge in [-0.1, -0.05) is 11.6 Å². The molecule has 0 radical (unpaired) electrons. The van der Waals surface area contributed by atoms with Crippen molar-refractivity contribution in [2.24, 2.45) is 5.73 Å². The molecule has 2 aliphatic heterocycles. The van der Waals surface area contributed by atoms with E-state index in [1.54, 1.807) is 0 Å². The van der Waals surface area contributed by atoms with Gasteiger partial charge in [-0.05, 0) is 55.9 Å². The van der Waals surface area contributed by atoms with Crippen LogP contribution in [-0.2, 0) is 6.42 Å². The number of hydrogen-bond donors (Lipinski definition) is 1. The molecule has 3 heteroatoms. The van der Waals surface area contributed by atoms with Crippen LogP contribution in [0.4, 0.5) is 5.69 Å². The molecule has 2 nitrogen and oxygen atoms in total. The second kappa shape index (κ2) is 3.94. The fourth-order valence-electron chi connectivity index (χ4n) is 3.10. The molecule has 2 unspecified atom stereocenters. The van der Waals surface area contributed by atoms with Crippen molar-refractivity contribution in [3.63, 3.8) is 0 Å². The summed E-state index contributed by atoms with van der Waals surface area (Å²) in [5, 5.41) is 0.836. The monoisotopic (exact) mass is 236 g/mol. The summed E-state index contributed by atoms with van der Waals surface area (Å²) in [7, 11) is 0. The molecule has 2 N–H and O–H groups in total. The minimum Gasteiger partial charge on any atom is -0.353 e. The topological polar surface area (TPSA) is 29.3 Å². The van der Waals surface area contributed by atoms with Crippen molar-refractivity contribution >= 4 is 17.3 Å². The molecule has 0 bridgehead atoms. The predicted octanol–water partition coefficient (Wildman–Crippen LogP) is 2.93. The molecular weight excluding hydrogens is 220 g/mol. The van der Waals surface area contributed by atoms with E-state index >= 15 is 0 Å². The lowest BCUT2D eigenvalue weighted by Gasteiger charge is -2.46. The molecular formula is C13H17ClN2. The first kappa shape index (κ1) is 10.4. The Kier molecular flexibility index (Phi) is 2.56. The molecule has 2 atom stereocenters. The lowest BCUT2D eigenvalue weighted by atomic mass is 9.88. The van der Waals surface area contributed by atoms with Crippen LogP contribution in [0, 0.1) is 0 Å². The molecule has 16 heavy (non-hydrogen) atoms. The maximum atomic E-state index is 6.24. The number of benzene rings is 1. The quantitative estimate of drug-likeness (QED) is 0.751. The van der Waals surface area contributed by atoms with Crippen molar-refractivity contribution in [2.75, 3.05) is 4.90 Å². The fourth-order valence-corrected chi connectivity index (χ4v) is 3.29. The maximum absolute atomic E-state index is 6.24. The lowest BCUT2D eigenvalue weighted by Crippen LogP contribution is -2.53. The van der Waals surface area contributed by atoms with Gasteiger partial charge in [0.05, 0.1) is 6.17 Å². The summed E-state index contributed by atoms with van der Waals surface area (Å²) in [5.74, 6) is 0. The van der Waals surface area contributed by atoms with Gasteiger partial charge in [-0.2, -0.15) is 0 Å². The van der Waals surface area contributed by atoms with E-state index in [0.717, 1.165) is 17.9 Å². The smallest absolute Gasteiger partial charge is 0.0774 e. The molecule has 1 aromatic rings. The van der Waals surface area contributed by atoms with Crippen LogP contribution in [-0.4, -0.2) is 12.2 Å². The molecule has 1 aromatic carbocycles. The molecule has 1 saturated heterocycles. The second-order valence-electron chi connectivity index (χ2n) is 4.87. The number of piperidine rings is 1. The SMILES string of the molecule is NC1CCCC2CCc3cc(Cl)ccc3N12. The van der Waals surface area contributed by atoms with Gasteiger partial charge in [0.1, 0.15) is 0 Å². The van der Waals surface area contributed by atoms with Gasteiger partial charge in [-0.25, -0.2) is 0 Å². The first-order valence-corrected chi connectivity index (χ1v) is 6.46. The second-order valence-corrected chi connectivity index (χ2v) is 5.31. The van der Waals surface area contributed by atoms with E-state index in [1.165, 1.54) is 30.5 Å². The molecule has 0 spiro atoms. The molecule has 0 aliphatic carbocycles. The number of rotatable bonds is 0. The van der Waals surface area contributed by atoms with Gasteiger partial charge in [0.15, 0.2) is 0 Å². The predicted molar refractivity (Wildman–Crippen MR) is 67.9 cm³/mol. The highest BCUT2D eigenvalue weighted by molar-refractivity contribution is 6.30. The number of halogens is 1. The van der Waals surface area contributed by atoms with Gasteiger partial charge in [-0.15, -0.1) is 0 Å². The summed E-state index contributed by atoms with van der Waals surface area (Å²) in [6.45, 7) is 0. The van der Waals surface area contributed by atoms with Crippen LogP contribution in [0.3, 0.4) is 0 Å². The van der Waals surface area contributed by atoms with Gasteiger partial charge >= 0.3 is 0 Å². The number of fused-ring (bicyclic) bond motifs is 3. The largest absolute Gasteiger partial charge is 0.353 e. The summed E-state index contributed by atoms with van der Waals surface area (Å²) >= 11 is 6.04. The van der Waals surface area contributed by atoms with Crippen LogP contribution >= 0.6 is 11.6 Å². The summed E-state index contributed by atoms with van der Waals surface area (Å²) in [6, 6.07) is 6.85. The average Bonchev–Trinajstić information content (AvgIpc) is 2.29. The lowest BCUT2D eigenvalue weighted by molar-refractivity contribution is 0.361. The Bertz CT molecular complexity index is 405. The van der Waals surface area contributed by atoms with E-state index in [9.17, 15) is 0 Å². The van der Waals surface area contributed by atoms with E-state index in [4.69, 9.17) is 17.3 Å². The minimum absolute atomic E-state index is 0.193. The highest BCUT2D eigenvalue weighted by Gasteiger charge is 2.32. The Balaban J connectivity index is 2.02. The summed E-state index contributed by atoms with van der Waals surface area (Å²) in [6.07, 6.45) is 6.23. The average molecular weight is 237 g/mol. The normalized spacial score (nSPS) is 28.5. The first-order valence-electron chi connectivity index (χ1n) is 6.08. The highest BCUT2D eigenvalue weighted by Crippen LogP contribution is 2.37. The van der Waals surface area contributed by atoms with E-state index in [1.807, 2.05) is 6.07 Å². The molecule has 3 rings (SSSR count). The Labute approximate surface area is 101 Å². The summed E-state index contributed by atoms with van der Waals surface area (Å²) in [5.41, 5.74) is 8.91. The molecule has 1 fully saturated rings. The van der Waals surface area contributed by atoms with Crippen molar-refractivity contribution in [1.29, 1.82) is 0 Å². The zero-order chi connectivity index (χ0) is 11.1. The number of nitrogens with two attached hydrogens (primary N) is 1. The highest BCUT2D eigenvalue weighted by atomic mass is 35.5. The molecule has 0 aromatic heterocycles. The van der Waals surface area contributed by atoms with Crippen molar-refractivity contribution in [2.45, 2.75) is 44.3 Å². The zero-order valence-electron chi connectivity index (χ0n) is 9.32. The van der Waals surface area contributed by atoms with E-state index in [2.05, 4.69) is 17.0 Å². The molecule has 86 valence electrons. The van der Waals surface area contributed by atoms with Crippen LogP contribution < -0.4 is 10.6 Å². The molecule has 0 amide bonds. The van der Waals surface area contributed by atoms with Crippen LogP contribution in [0.2, 0.25) is 5.02 Å². The van der Waals surface area contributed by atoms with Gasteiger partial charge in [0, 0.05) is 16.8 Å². The van der Waals surface area contributed by atoms with E-state index in [0.29, 0.717) is 6.04 Å². The Morgan fingerprint density at radius 3 is 3.00 bits per heavy atom. The van der Waals surface area contributed by atoms with Crippen LogP contribution in [0.1, 0.15) is 31.2 Å². The van der Waals surface area contributed by atoms with Gasteiger partial charge in [0.25, 0.3) is 0 Å². The van der Waals surface area contributed by atoms with Crippen molar-refractivity contribution in [1.82, 2.24) is 0 Å². The van der Waals surface area contributed by atoms with Crippen molar-refractivity contribution < 1.29 is 0 Å². The molecule has 0 saturated carbocycles. The van der Waals surface area contributed by atoms with Crippen LogP contribution in [0.25, 0.3) is 0 Å². The third kappa shape index (κ3) is 1.61. The van der Waals surface area contributed by atoms with E-state index < -0.39 is 0 Å².